The minimum atomic E-state index is -1.19. The molecule has 0 atom stereocenters. The van der Waals surface area contributed by atoms with Crippen LogP contribution < -0.4 is 0 Å². The van der Waals surface area contributed by atoms with E-state index in [2.05, 4.69) is 39.3 Å². The Morgan fingerprint density at radius 1 is 0.500 bits per heavy atom. The molecule has 1 saturated heterocycles. The van der Waals surface area contributed by atoms with E-state index in [-0.39, 0.29) is 76.7 Å². The summed E-state index contributed by atoms with van der Waals surface area (Å²) in [6.07, 6.45) is 0. The first-order valence-electron chi connectivity index (χ1n) is 6.48. The SMILES string of the molecule is C.C.C.C.C[SiH](Cl)Cl.C[SiH]1[SiH](C)[SiH](C)[SiH](C)[SiH](C)[SiH]1C. The number of halogens is 2. The van der Waals surface area contributed by atoms with Gasteiger partial charge in [-0.25, -0.2) is 0 Å². The zero-order valence-electron chi connectivity index (χ0n) is 11.8. The Balaban J connectivity index is -0.0000000844. The molecule has 130 valence electrons. The summed E-state index contributed by atoms with van der Waals surface area (Å²) in [5.41, 5.74) is 0. The van der Waals surface area contributed by atoms with Gasteiger partial charge < -0.3 is 0 Å². The van der Waals surface area contributed by atoms with E-state index in [9.17, 15) is 0 Å². The van der Waals surface area contributed by atoms with E-state index >= 15 is 0 Å². The largest absolute Gasteiger partial charge is 0.234 e. The molecule has 0 aromatic carbocycles. The summed E-state index contributed by atoms with van der Waals surface area (Å²) in [4.78, 5) is 0. The molecular formula is C11H44Cl2Si7. The van der Waals surface area contributed by atoms with Crippen LogP contribution in [-0.4, -0.2) is 54.4 Å². The predicted molar refractivity (Wildman–Crippen MR) is 130 cm³/mol. The Bertz CT molecular complexity index is 148. The predicted octanol–water partition coefficient (Wildman–Crippen LogP) is 3.47. The van der Waals surface area contributed by atoms with E-state index in [1.165, 1.54) is 0 Å². The topological polar surface area (TPSA) is 0 Å². The van der Waals surface area contributed by atoms with Crippen molar-refractivity contribution in [3.63, 3.8) is 0 Å². The maximum absolute atomic E-state index is 5.18. The molecule has 0 radical (unpaired) electrons. The molecule has 1 rings (SSSR count). The molecule has 1 aliphatic rings. The van der Waals surface area contributed by atoms with Crippen molar-refractivity contribution in [1.29, 1.82) is 0 Å². The first-order chi connectivity index (χ1) is 7.20. The second-order valence-corrected chi connectivity index (χ2v) is 73.3. The highest BCUT2D eigenvalue weighted by Crippen LogP contribution is 2.15. The van der Waals surface area contributed by atoms with Crippen LogP contribution in [0.5, 0.6) is 0 Å². The quantitative estimate of drug-likeness (QED) is 0.397. The van der Waals surface area contributed by atoms with Gasteiger partial charge in [-0.2, -0.15) is 22.2 Å². The Labute approximate surface area is 151 Å². The third-order valence-corrected chi connectivity index (χ3v) is 134. The monoisotopic (exact) mass is 442 g/mol. The molecule has 0 bridgehead atoms. The molecule has 1 heterocycles. The van der Waals surface area contributed by atoms with Crippen molar-refractivity contribution in [1.82, 2.24) is 0 Å². The molecule has 0 saturated carbocycles. The molecule has 20 heavy (non-hydrogen) atoms. The summed E-state index contributed by atoms with van der Waals surface area (Å²) in [6, 6.07) is 0. The number of rotatable bonds is 0. The van der Waals surface area contributed by atoms with Gasteiger partial charge in [0.15, 0.2) is 0 Å². The molecule has 0 amide bonds. The van der Waals surface area contributed by atoms with Crippen LogP contribution in [0.3, 0.4) is 0 Å². The average molecular weight is 444 g/mol. The second kappa shape index (κ2) is 16.0. The van der Waals surface area contributed by atoms with E-state index < -0.39 is 7.42 Å². The lowest BCUT2D eigenvalue weighted by atomic mass is 11.9. The van der Waals surface area contributed by atoms with Crippen molar-refractivity contribution in [2.24, 2.45) is 0 Å². The van der Waals surface area contributed by atoms with Crippen LogP contribution in [0.4, 0.5) is 0 Å². The average Bonchev–Trinajstić information content (AvgIpc) is 2.20. The van der Waals surface area contributed by atoms with Gasteiger partial charge in [0.05, 0.1) is 0 Å². The van der Waals surface area contributed by atoms with Crippen LogP contribution in [0.25, 0.3) is 0 Å². The minimum absolute atomic E-state index is 0. The van der Waals surface area contributed by atoms with Crippen molar-refractivity contribution in [2.45, 2.75) is 75.5 Å². The van der Waals surface area contributed by atoms with Gasteiger partial charge in [-0.1, -0.05) is 69.0 Å². The van der Waals surface area contributed by atoms with Crippen LogP contribution in [-0.2, 0) is 0 Å². The minimum Gasteiger partial charge on any atom is -0.151 e. The fourth-order valence-electron chi connectivity index (χ4n) is 2.87. The maximum Gasteiger partial charge on any atom is 0.234 e. The lowest BCUT2D eigenvalue weighted by molar-refractivity contribution is 2.09. The zero-order chi connectivity index (χ0) is 13.0. The Morgan fingerprint density at radius 3 is 0.600 bits per heavy atom. The molecule has 0 aromatic heterocycles. The highest BCUT2D eigenvalue weighted by molar-refractivity contribution is 7.95. The molecule has 0 unspecified atom stereocenters. The highest BCUT2D eigenvalue weighted by Gasteiger charge is 2.42. The maximum atomic E-state index is 5.18. The Morgan fingerprint density at radius 2 is 0.550 bits per heavy atom. The number of hydrogen-bond acceptors (Lipinski definition) is 0. The Hall–Kier alpha value is 2.10. The molecule has 1 fully saturated rings. The summed E-state index contributed by atoms with van der Waals surface area (Å²) < 4.78 is 0. The van der Waals surface area contributed by atoms with Crippen LogP contribution in [0.1, 0.15) is 29.7 Å². The van der Waals surface area contributed by atoms with Gasteiger partial charge >= 0.3 is 0 Å². The van der Waals surface area contributed by atoms with Crippen molar-refractivity contribution in [3.8, 4) is 0 Å². The van der Waals surface area contributed by atoms with Gasteiger partial charge in [0.2, 0.25) is 7.42 Å². The van der Waals surface area contributed by atoms with Crippen LogP contribution in [0, 0.1) is 0 Å². The van der Waals surface area contributed by atoms with E-state index in [0.29, 0.717) is 0 Å². The smallest absolute Gasteiger partial charge is 0.151 e. The van der Waals surface area contributed by atoms with E-state index in [0.717, 1.165) is 0 Å². The normalized spacial score (nSPS) is 35.1. The summed E-state index contributed by atoms with van der Waals surface area (Å²) in [7, 11) is -1.20. The van der Waals surface area contributed by atoms with Crippen molar-refractivity contribution in [2.75, 3.05) is 0 Å². The highest BCUT2D eigenvalue weighted by atomic mass is 35.7. The summed E-state index contributed by atoms with van der Waals surface area (Å²) in [5.74, 6) is 0. The lowest BCUT2D eigenvalue weighted by Crippen LogP contribution is -2.72. The third-order valence-electron chi connectivity index (χ3n) is 4.98. The van der Waals surface area contributed by atoms with E-state index in [1.807, 2.05) is 6.55 Å². The molecular weight excluding hydrogens is 400 g/mol. The van der Waals surface area contributed by atoms with Gasteiger partial charge in [-0.05, 0) is 6.55 Å². The van der Waals surface area contributed by atoms with Gasteiger partial charge in [0.1, 0.15) is 0 Å². The van der Waals surface area contributed by atoms with Gasteiger partial charge in [-0.3, -0.25) is 0 Å². The second-order valence-electron chi connectivity index (χ2n) is 5.67. The first-order valence-corrected chi connectivity index (χ1v) is 34.1. The number of hydrogen-bond donors (Lipinski definition) is 0. The van der Waals surface area contributed by atoms with E-state index in [4.69, 9.17) is 22.2 Å². The van der Waals surface area contributed by atoms with Crippen LogP contribution >= 0.6 is 22.2 Å². The molecule has 1 aliphatic heterocycles. The molecule has 0 nitrogen and oxygen atoms in total. The summed E-state index contributed by atoms with van der Waals surface area (Å²) in [5, 5.41) is 0. The van der Waals surface area contributed by atoms with Gasteiger partial charge in [-0.15, -0.1) is 0 Å². The molecule has 0 spiro atoms. The van der Waals surface area contributed by atoms with Crippen molar-refractivity contribution < 1.29 is 0 Å². The van der Waals surface area contributed by atoms with Gasteiger partial charge in [0, 0.05) is 47.0 Å². The fourth-order valence-corrected chi connectivity index (χ4v) is 233. The summed E-state index contributed by atoms with van der Waals surface area (Å²) in [6.45, 7) is 18.5. The lowest BCUT2D eigenvalue weighted by Gasteiger charge is -2.42. The fraction of sp³-hybridized carbons (Fsp3) is 1.00. The van der Waals surface area contributed by atoms with Gasteiger partial charge in [0.25, 0.3) is 0 Å². The zero-order valence-corrected chi connectivity index (χ0v) is 21.4. The standard InChI is InChI=1S/C6H24Si6.CH4Cl2Si.4CH4/c1-7-8(2)10(4)12(6)11(5)9(7)3;1-4(2)3;;;;/h7-12H,1-6H3;4H,1H3;4*1H4. The van der Waals surface area contributed by atoms with Crippen LogP contribution in [0.2, 0.25) is 45.8 Å². The van der Waals surface area contributed by atoms with Crippen molar-refractivity contribution >= 4 is 76.6 Å². The Kier molecular flexibility index (Phi) is 26.9. The molecule has 9 heteroatoms. The van der Waals surface area contributed by atoms with E-state index in [1.54, 1.807) is 0 Å². The molecule has 0 N–H and O–H groups in total. The molecule has 0 aromatic rings. The van der Waals surface area contributed by atoms with Crippen LogP contribution in [0.15, 0.2) is 0 Å². The third kappa shape index (κ3) is 10.8. The summed E-state index contributed by atoms with van der Waals surface area (Å²) >= 11 is 10.4. The van der Waals surface area contributed by atoms with Crippen molar-refractivity contribution in [3.05, 3.63) is 0 Å². The molecule has 0 aliphatic carbocycles. The first kappa shape index (κ1) is 33.6.